The van der Waals surface area contributed by atoms with Gasteiger partial charge in [-0.1, -0.05) is 0 Å². The number of rotatable bonds is 3. The molecule has 0 spiro atoms. The van der Waals surface area contributed by atoms with E-state index in [0.717, 1.165) is 5.82 Å². The Morgan fingerprint density at radius 1 is 1.37 bits per heavy atom. The first kappa shape index (κ1) is 14.0. The normalized spacial score (nSPS) is 19.3. The highest BCUT2D eigenvalue weighted by Crippen LogP contribution is 2.18. The van der Waals surface area contributed by atoms with Gasteiger partial charge in [-0.05, 0) is 19.8 Å². The second-order valence-electron chi connectivity index (χ2n) is 4.87. The SMILES string of the molecule is Cc1nnc(CNC(=O)C2CCS(=O)(=O)CC2)n1C. The molecule has 0 atom stereocenters. The zero-order valence-corrected chi connectivity index (χ0v) is 11.9. The Morgan fingerprint density at radius 2 is 2.00 bits per heavy atom. The highest BCUT2D eigenvalue weighted by atomic mass is 32.2. The van der Waals surface area contributed by atoms with Gasteiger partial charge in [-0.3, -0.25) is 4.79 Å². The molecule has 1 fully saturated rings. The molecule has 0 aliphatic carbocycles. The third-order valence-corrected chi connectivity index (χ3v) is 5.24. The van der Waals surface area contributed by atoms with Crippen LogP contribution < -0.4 is 5.32 Å². The third kappa shape index (κ3) is 3.31. The quantitative estimate of drug-likeness (QED) is 0.813. The van der Waals surface area contributed by atoms with E-state index >= 15 is 0 Å². The second-order valence-corrected chi connectivity index (χ2v) is 7.17. The molecule has 0 unspecified atom stereocenters. The molecule has 2 rings (SSSR count). The van der Waals surface area contributed by atoms with Crippen LogP contribution in [0.3, 0.4) is 0 Å². The van der Waals surface area contributed by atoms with Gasteiger partial charge in [0.25, 0.3) is 0 Å². The predicted octanol–water partition coefficient (Wildman–Crippen LogP) is -0.435. The molecule has 106 valence electrons. The molecule has 1 aliphatic rings. The van der Waals surface area contributed by atoms with Crippen LogP contribution in [0.5, 0.6) is 0 Å². The minimum Gasteiger partial charge on any atom is -0.349 e. The predicted molar refractivity (Wildman–Crippen MR) is 69.0 cm³/mol. The minimum atomic E-state index is -2.93. The lowest BCUT2D eigenvalue weighted by molar-refractivity contribution is -0.125. The number of sulfone groups is 1. The minimum absolute atomic E-state index is 0.101. The van der Waals surface area contributed by atoms with Crippen molar-refractivity contribution in [3.63, 3.8) is 0 Å². The van der Waals surface area contributed by atoms with Crippen LogP contribution in [0, 0.1) is 12.8 Å². The van der Waals surface area contributed by atoms with E-state index in [1.165, 1.54) is 0 Å². The Balaban J connectivity index is 1.87. The van der Waals surface area contributed by atoms with Crippen molar-refractivity contribution in [2.45, 2.75) is 26.3 Å². The average Bonchev–Trinajstić information content (AvgIpc) is 2.67. The Bertz CT molecular complexity index is 565. The average molecular weight is 286 g/mol. The summed E-state index contributed by atoms with van der Waals surface area (Å²) in [6, 6.07) is 0. The molecule has 1 aromatic rings. The van der Waals surface area contributed by atoms with Crippen molar-refractivity contribution in [1.29, 1.82) is 0 Å². The number of aryl methyl sites for hydroxylation is 1. The Labute approximate surface area is 112 Å². The molecular formula is C11H18N4O3S. The van der Waals surface area contributed by atoms with Crippen molar-refractivity contribution < 1.29 is 13.2 Å². The smallest absolute Gasteiger partial charge is 0.223 e. The lowest BCUT2D eigenvalue weighted by Gasteiger charge is -2.20. The summed E-state index contributed by atoms with van der Waals surface area (Å²) in [6.07, 6.45) is 0.817. The molecule has 1 amide bonds. The van der Waals surface area contributed by atoms with E-state index in [1.54, 1.807) is 0 Å². The fourth-order valence-electron chi connectivity index (χ4n) is 2.07. The number of carbonyl (C=O) groups is 1. The largest absolute Gasteiger partial charge is 0.349 e. The van der Waals surface area contributed by atoms with Crippen LogP contribution in [-0.4, -0.2) is 40.6 Å². The number of nitrogens with one attached hydrogen (secondary N) is 1. The van der Waals surface area contributed by atoms with E-state index < -0.39 is 9.84 Å². The molecule has 1 aliphatic heterocycles. The number of amides is 1. The van der Waals surface area contributed by atoms with Gasteiger partial charge >= 0.3 is 0 Å². The standard InChI is InChI=1S/C11H18N4O3S/c1-8-13-14-10(15(8)2)7-12-11(16)9-3-5-19(17,18)6-4-9/h9H,3-7H2,1-2H3,(H,12,16). The van der Waals surface area contributed by atoms with Gasteiger partial charge in [0.15, 0.2) is 5.82 Å². The zero-order valence-electron chi connectivity index (χ0n) is 11.1. The van der Waals surface area contributed by atoms with Gasteiger partial charge in [-0.15, -0.1) is 10.2 Å². The van der Waals surface area contributed by atoms with Crippen LogP contribution in [0.2, 0.25) is 0 Å². The van der Waals surface area contributed by atoms with E-state index in [9.17, 15) is 13.2 Å². The summed E-state index contributed by atoms with van der Waals surface area (Å²) in [5.74, 6) is 1.37. The molecule has 0 bridgehead atoms. The zero-order chi connectivity index (χ0) is 14.0. The molecule has 1 aromatic heterocycles. The highest BCUT2D eigenvalue weighted by molar-refractivity contribution is 7.91. The molecule has 0 aromatic carbocycles. The maximum Gasteiger partial charge on any atom is 0.223 e. The molecule has 8 heteroatoms. The van der Waals surface area contributed by atoms with Gasteiger partial charge in [0.1, 0.15) is 15.7 Å². The van der Waals surface area contributed by atoms with Gasteiger partial charge in [0.05, 0.1) is 18.1 Å². The van der Waals surface area contributed by atoms with Crippen LogP contribution in [0.25, 0.3) is 0 Å². The Kier molecular flexibility index (Phi) is 3.88. The number of hydrogen-bond donors (Lipinski definition) is 1. The van der Waals surface area contributed by atoms with Crippen LogP contribution >= 0.6 is 0 Å². The van der Waals surface area contributed by atoms with E-state index in [0.29, 0.717) is 25.2 Å². The maximum absolute atomic E-state index is 11.9. The summed E-state index contributed by atoms with van der Waals surface area (Å²) in [4.78, 5) is 11.9. The fraction of sp³-hybridized carbons (Fsp3) is 0.727. The van der Waals surface area contributed by atoms with E-state index in [1.807, 2.05) is 18.5 Å². The number of carbonyl (C=O) groups excluding carboxylic acids is 1. The lowest BCUT2D eigenvalue weighted by atomic mass is 10.0. The summed E-state index contributed by atoms with van der Waals surface area (Å²) in [7, 11) is -1.09. The van der Waals surface area contributed by atoms with Crippen molar-refractivity contribution in [2.75, 3.05) is 11.5 Å². The summed E-state index contributed by atoms with van der Waals surface area (Å²) in [6.45, 7) is 2.16. The van der Waals surface area contributed by atoms with Crippen LogP contribution in [0.1, 0.15) is 24.5 Å². The number of aromatic nitrogens is 3. The third-order valence-electron chi connectivity index (χ3n) is 3.53. The second kappa shape index (κ2) is 5.28. The molecule has 19 heavy (non-hydrogen) atoms. The monoisotopic (exact) mass is 286 g/mol. The Morgan fingerprint density at radius 3 is 2.53 bits per heavy atom. The van der Waals surface area contributed by atoms with Crippen LogP contribution in [-0.2, 0) is 28.2 Å². The van der Waals surface area contributed by atoms with E-state index in [4.69, 9.17) is 0 Å². The molecule has 7 nitrogen and oxygen atoms in total. The van der Waals surface area contributed by atoms with Gasteiger partial charge in [0.2, 0.25) is 5.91 Å². The number of nitrogens with zero attached hydrogens (tertiary/aromatic N) is 3. The van der Waals surface area contributed by atoms with Crippen LogP contribution in [0.15, 0.2) is 0 Å². The fourth-order valence-corrected chi connectivity index (χ4v) is 3.56. The summed E-state index contributed by atoms with van der Waals surface area (Å²) in [5.41, 5.74) is 0. The first-order valence-electron chi connectivity index (χ1n) is 6.22. The van der Waals surface area contributed by atoms with Crippen molar-refractivity contribution in [2.24, 2.45) is 13.0 Å². The molecule has 1 N–H and O–H groups in total. The Hall–Kier alpha value is -1.44. The summed E-state index contributed by atoms with van der Waals surface area (Å²) in [5, 5.41) is 10.7. The van der Waals surface area contributed by atoms with E-state index in [2.05, 4.69) is 15.5 Å². The van der Waals surface area contributed by atoms with Crippen LogP contribution in [0.4, 0.5) is 0 Å². The first-order valence-corrected chi connectivity index (χ1v) is 8.04. The van der Waals surface area contributed by atoms with Gasteiger partial charge in [0, 0.05) is 13.0 Å². The van der Waals surface area contributed by atoms with Crippen molar-refractivity contribution in [3.8, 4) is 0 Å². The van der Waals surface area contributed by atoms with Crippen molar-refractivity contribution in [3.05, 3.63) is 11.6 Å². The molecule has 0 saturated carbocycles. The maximum atomic E-state index is 11.9. The van der Waals surface area contributed by atoms with E-state index in [-0.39, 0.29) is 23.3 Å². The van der Waals surface area contributed by atoms with Crippen molar-refractivity contribution in [1.82, 2.24) is 20.1 Å². The highest BCUT2D eigenvalue weighted by Gasteiger charge is 2.28. The van der Waals surface area contributed by atoms with Gasteiger partial charge < -0.3 is 9.88 Å². The summed E-state index contributed by atoms with van der Waals surface area (Å²) >= 11 is 0. The topological polar surface area (TPSA) is 94.0 Å². The van der Waals surface area contributed by atoms with Crippen molar-refractivity contribution >= 4 is 15.7 Å². The van der Waals surface area contributed by atoms with Gasteiger partial charge in [-0.2, -0.15) is 0 Å². The summed E-state index contributed by atoms with van der Waals surface area (Å²) < 4.78 is 24.4. The molecule has 0 radical (unpaired) electrons. The molecule has 2 heterocycles. The molecular weight excluding hydrogens is 268 g/mol. The van der Waals surface area contributed by atoms with Gasteiger partial charge in [-0.25, -0.2) is 8.42 Å². The lowest BCUT2D eigenvalue weighted by Crippen LogP contribution is -2.36. The first-order chi connectivity index (χ1) is 8.89. The number of hydrogen-bond acceptors (Lipinski definition) is 5. The molecule has 1 saturated heterocycles.